The standard InChI is InChI=1S/C13H18FNO/c1-12(16)5-6-13(8-12,9-15)10-3-2-4-11(14)7-10/h2-4,7,16H,5-6,8-9,15H2,1H3. The van der Waals surface area contributed by atoms with Crippen LogP contribution in [0.5, 0.6) is 0 Å². The molecule has 0 radical (unpaired) electrons. The molecule has 0 amide bonds. The van der Waals surface area contributed by atoms with E-state index in [4.69, 9.17) is 5.73 Å². The van der Waals surface area contributed by atoms with E-state index in [2.05, 4.69) is 0 Å². The van der Waals surface area contributed by atoms with Crippen molar-refractivity contribution in [1.82, 2.24) is 0 Å². The van der Waals surface area contributed by atoms with Gasteiger partial charge in [-0.05, 0) is 43.9 Å². The molecule has 1 aromatic carbocycles. The summed E-state index contributed by atoms with van der Waals surface area (Å²) in [7, 11) is 0. The first-order valence-electron chi connectivity index (χ1n) is 5.66. The molecule has 1 aliphatic rings. The number of rotatable bonds is 2. The van der Waals surface area contributed by atoms with E-state index < -0.39 is 5.60 Å². The van der Waals surface area contributed by atoms with Gasteiger partial charge in [-0.3, -0.25) is 0 Å². The summed E-state index contributed by atoms with van der Waals surface area (Å²) in [5.74, 6) is -0.239. The van der Waals surface area contributed by atoms with Crippen molar-refractivity contribution in [2.45, 2.75) is 37.2 Å². The SMILES string of the molecule is CC1(O)CCC(CN)(c2cccc(F)c2)C1. The minimum absolute atomic E-state index is 0.239. The lowest BCUT2D eigenvalue weighted by Crippen LogP contribution is -2.35. The Morgan fingerprint density at radius 3 is 2.69 bits per heavy atom. The Labute approximate surface area is 95.3 Å². The molecule has 2 unspecified atom stereocenters. The van der Waals surface area contributed by atoms with E-state index in [1.165, 1.54) is 12.1 Å². The first kappa shape index (κ1) is 11.6. The number of aliphatic hydroxyl groups is 1. The number of hydrogen-bond donors (Lipinski definition) is 2. The first-order chi connectivity index (χ1) is 7.47. The zero-order valence-corrected chi connectivity index (χ0v) is 9.54. The molecule has 0 heterocycles. The fourth-order valence-electron chi connectivity index (χ4n) is 2.77. The van der Waals surface area contributed by atoms with Crippen molar-refractivity contribution in [2.24, 2.45) is 5.73 Å². The molecule has 0 saturated heterocycles. The Hall–Kier alpha value is -0.930. The second kappa shape index (κ2) is 3.82. The lowest BCUT2D eigenvalue weighted by molar-refractivity contribution is 0.0612. The topological polar surface area (TPSA) is 46.2 Å². The third-order valence-corrected chi connectivity index (χ3v) is 3.69. The predicted molar refractivity (Wildman–Crippen MR) is 61.6 cm³/mol. The van der Waals surface area contributed by atoms with Gasteiger partial charge in [0.25, 0.3) is 0 Å². The molecule has 2 rings (SSSR count). The molecule has 0 aliphatic heterocycles. The van der Waals surface area contributed by atoms with E-state index in [9.17, 15) is 9.50 Å². The Morgan fingerprint density at radius 1 is 1.44 bits per heavy atom. The Balaban J connectivity index is 2.36. The molecule has 1 fully saturated rings. The summed E-state index contributed by atoms with van der Waals surface area (Å²) >= 11 is 0. The van der Waals surface area contributed by atoms with E-state index in [0.717, 1.165) is 18.4 Å². The van der Waals surface area contributed by atoms with Crippen LogP contribution in [0.25, 0.3) is 0 Å². The molecule has 3 heteroatoms. The van der Waals surface area contributed by atoms with Crippen molar-refractivity contribution >= 4 is 0 Å². The number of hydrogen-bond acceptors (Lipinski definition) is 2. The van der Waals surface area contributed by atoms with Crippen molar-refractivity contribution in [2.75, 3.05) is 6.54 Å². The fourth-order valence-corrected chi connectivity index (χ4v) is 2.77. The molecule has 0 bridgehead atoms. The first-order valence-corrected chi connectivity index (χ1v) is 5.66. The second-order valence-electron chi connectivity index (χ2n) is 5.17. The van der Waals surface area contributed by atoms with E-state index in [1.807, 2.05) is 13.0 Å². The highest BCUT2D eigenvalue weighted by Crippen LogP contribution is 2.45. The van der Waals surface area contributed by atoms with Gasteiger partial charge in [0.05, 0.1) is 5.60 Å². The van der Waals surface area contributed by atoms with Gasteiger partial charge in [-0.2, -0.15) is 0 Å². The minimum atomic E-state index is -0.675. The van der Waals surface area contributed by atoms with Gasteiger partial charge in [0, 0.05) is 12.0 Å². The molecule has 2 nitrogen and oxygen atoms in total. The zero-order valence-electron chi connectivity index (χ0n) is 9.54. The van der Waals surface area contributed by atoms with Gasteiger partial charge in [-0.1, -0.05) is 12.1 Å². The van der Waals surface area contributed by atoms with Gasteiger partial charge in [-0.25, -0.2) is 4.39 Å². The third-order valence-electron chi connectivity index (χ3n) is 3.69. The average Bonchev–Trinajstić information content (AvgIpc) is 2.56. The summed E-state index contributed by atoms with van der Waals surface area (Å²) in [6.07, 6.45) is 2.15. The fraction of sp³-hybridized carbons (Fsp3) is 0.538. The van der Waals surface area contributed by atoms with Crippen LogP contribution in [0.15, 0.2) is 24.3 Å². The summed E-state index contributed by atoms with van der Waals surface area (Å²) in [5.41, 5.74) is 5.82. The summed E-state index contributed by atoms with van der Waals surface area (Å²) in [5, 5.41) is 10.0. The van der Waals surface area contributed by atoms with Crippen LogP contribution in [0.4, 0.5) is 4.39 Å². The molecule has 1 saturated carbocycles. The summed E-state index contributed by atoms with van der Waals surface area (Å²) in [6, 6.07) is 6.57. The Kier molecular flexibility index (Phi) is 2.76. The maximum absolute atomic E-state index is 13.2. The number of nitrogens with two attached hydrogens (primary N) is 1. The van der Waals surface area contributed by atoms with E-state index >= 15 is 0 Å². The Bertz CT molecular complexity index is 391. The van der Waals surface area contributed by atoms with E-state index in [1.54, 1.807) is 6.07 Å². The number of benzene rings is 1. The monoisotopic (exact) mass is 223 g/mol. The maximum atomic E-state index is 13.2. The van der Waals surface area contributed by atoms with Crippen LogP contribution in [0.3, 0.4) is 0 Å². The van der Waals surface area contributed by atoms with Crippen LogP contribution in [-0.2, 0) is 5.41 Å². The smallest absolute Gasteiger partial charge is 0.123 e. The number of halogens is 1. The highest BCUT2D eigenvalue weighted by molar-refractivity contribution is 5.29. The van der Waals surface area contributed by atoms with Gasteiger partial charge in [-0.15, -0.1) is 0 Å². The van der Waals surface area contributed by atoms with Crippen LogP contribution in [0.2, 0.25) is 0 Å². The van der Waals surface area contributed by atoms with Gasteiger partial charge >= 0.3 is 0 Å². The normalized spacial score (nSPS) is 34.2. The van der Waals surface area contributed by atoms with Crippen molar-refractivity contribution in [3.05, 3.63) is 35.6 Å². The summed E-state index contributed by atoms with van der Waals surface area (Å²) in [4.78, 5) is 0. The molecule has 0 aromatic heterocycles. The molecule has 88 valence electrons. The summed E-state index contributed by atoms with van der Waals surface area (Å²) < 4.78 is 13.2. The molecule has 16 heavy (non-hydrogen) atoms. The lowest BCUT2D eigenvalue weighted by atomic mass is 9.78. The zero-order chi connectivity index (χ0) is 11.8. The maximum Gasteiger partial charge on any atom is 0.123 e. The molecule has 1 aromatic rings. The van der Waals surface area contributed by atoms with Crippen LogP contribution in [0.1, 0.15) is 31.7 Å². The average molecular weight is 223 g/mol. The highest BCUT2D eigenvalue weighted by Gasteiger charge is 2.44. The van der Waals surface area contributed by atoms with Crippen molar-refractivity contribution < 1.29 is 9.50 Å². The molecule has 2 atom stereocenters. The molecule has 3 N–H and O–H groups in total. The van der Waals surface area contributed by atoms with Crippen LogP contribution in [0, 0.1) is 5.82 Å². The van der Waals surface area contributed by atoms with E-state index in [-0.39, 0.29) is 11.2 Å². The minimum Gasteiger partial charge on any atom is -0.390 e. The van der Waals surface area contributed by atoms with Gasteiger partial charge in [0.1, 0.15) is 5.82 Å². The third kappa shape index (κ3) is 1.97. The molecular weight excluding hydrogens is 205 g/mol. The Morgan fingerprint density at radius 2 is 2.19 bits per heavy atom. The van der Waals surface area contributed by atoms with Gasteiger partial charge in [0.2, 0.25) is 0 Å². The van der Waals surface area contributed by atoms with Gasteiger partial charge in [0.15, 0.2) is 0 Å². The lowest BCUT2D eigenvalue weighted by Gasteiger charge is -2.29. The molecule has 1 aliphatic carbocycles. The summed E-state index contributed by atoms with van der Waals surface area (Å²) in [6.45, 7) is 2.27. The van der Waals surface area contributed by atoms with E-state index in [0.29, 0.717) is 13.0 Å². The van der Waals surface area contributed by atoms with Crippen LogP contribution in [-0.4, -0.2) is 17.3 Å². The molecular formula is C13H18FNO. The van der Waals surface area contributed by atoms with Crippen molar-refractivity contribution in [3.63, 3.8) is 0 Å². The van der Waals surface area contributed by atoms with Crippen LogP contribution >= 0.6 is 0 Å². The van der Waals surface area contributed by atoms with Crippen LogP contribution < -0.4 is 5.73 Å². The quantitative estimate of drug-likeness (QED) is 0.805. The predicted octanol–water partition coefficient (Wildman–Crippen LogP) is 1.96. The van der Waals surface area contributed by atoms with Crippen molar-refractivity contribution in [1.29, 1.82) is 0 Å². The highest BCUT2D eigenvalue weighted by atomic mass is 19.1. The second-order valence-corrected chi connectivity index (χ2v) is 5.17. The van der Waals surface area contributed by atoms with Gasteiger partial charge < -0.3 is 10.8 Å². The van der Waals surface area contributed by atoms with Crippen molar-refractivity contribution in [3.8, 4) is 0 Å². The largest absolute Gasteiger partial charge is 0.390 e. The molecule has 0 spiro atoms.